The number of nitrogens with zero attached hydrogens (tertiary/aromatic N) is 1. The van der Waals surface area contributed by atoms with Crippen LogP contribution in [0.15, 0.2) is 12.7 Å². The van der Waals surface area contributed by atoms with Gasteiger partial charge in [0.25, 0.3) is 0 Å². The Morgan fingerprint density at radius 1 is 1.21 bits per heavy atom. The highest BCUT2D eigenvalue weighted by Gasteiger charge is 2.81. The minimum Gasteiger partial charge on any atom is -0.461 e. The molecule has 8 nitrogen and oxygen atoms in total. The first-order valence-electron chi connectivity index (χ1n) is 12.4. The quantitative estimate of drug-likeness (QED) is 0.389. The van der Waals surface area contributed by atoms with Crippen LogP contribution < -0.4 is 0 Å². The van der Waals surface area contributed by atoms with Gasteiger partial charge >= 0.3 is 5.97 Å². The first-order valence-corrected chi connectivity index (χ1v) is 12.4. The molecule has 8 heteroatoms. The van der Waals surface area contributed by atoms with Crippen molar-refractivity contribution in [1.82, 2.24) is 4.90 Å². The maximum absolute atomic E-state index is 13.8. The summed E-state index contributed by atoms with van der Waals surface area (Å²) in [6.07, 6.45) is -1.35. The lowest BCUT2D eigenvalue weighted by molar-refractivity contribution is -0.370. The number of fused-ring (bicyclic) bond motifs is 3. The Kier molecular flexibility index (Phi) is 6.95. The summed E-state index contributed by atoms with van der Waals surface area (Å²) in [5.41, 5.74) is -7.12. The fraction of sp³-hybridized carbons (Fsp3) is 0.846. The number of carbonyl (C=O) groups excluding carboxylic acids is 2. The van der Waals surface area contributed by atoms with Crippen LogP contribution >= 0.6 is 0 Å². The van der Waals surface area contributed by atoms with Gasteiger partial charge in [-0.05, 0) is 45.2 Å². The zero-order valence-electron chi connectivity index (χ0n) is 21.8. The van der Waals surface area contributed by atoms with E-state index in [-0.39, 0.29) is 13.0 Å². The number of Topliss-reactive ketones (excluding diaryl/α,β-unsaturated/α-hetero) is 1. The maximum atomic E-state index is 13.8. The van der Waals surface area contributed by atoms with Crippen LogP contribution in [-0.4, -0.2) is 86.7 Å². The minimum absolute atomic E-state index is 0.0908. The van der Waals surface area contributed by atoms with Crippen molar-refractivity contribution in [3.8, 4) is 0 Å². The average Bonchev–Trinajstić information content (AvgIpc) is 2.75. The SMILES string of the molecule is C=C[C@@]1(C)CC(=O)[C@]2(O)[C@@]3(C)C(OC(=O)CN(CC)CC)CCC(C)(C)[C@@H]3[C@H](O)[C@H](O)[C@@]2(C)O1. The predicted molar refractivity (Wildman–Crippen MR) is 127 cm³/mol. The molecule has 1 unspecified atom stereocenters. The average molecular weight is 482 g/mol. The van der Waals surface area contributed by atoms with Crippen LogP contribution in [0.3, 0.4) is 0 Å². The largest absolute Gasteiger partial charge is 0.461 e. The Hall–Kier alpha value is -1.32. The van der Waals surface area contributed by atoms with Crippen LogP contribution in [0.2, 0.25) is 0 Å². The third-order valence-corrected chi connectivity index (χ3v) is 9.25. The number of ether oxygens (including phenoxy) is 2. The van der Waals surface area contributed by atoms with Crippen LogP contribution in [0.1, 0.15) is 67.7 Å². The highest BCUT2D eigenvalue weighted by atomic mass is 16.6. The molecular weight excluding hydrogens is 438 g/mol. The van der Waals surface area contributed by atoms with E-state index in [9.17, 15) is 24.9 Å². The molecular formula is C26H43NO7. The van der Waals surface area contributed by atoms with Gasteiger partial charge in [-0.25, -0.2) is 0 Å². The second-order valence-corrected chi connectivity index (χ2v) is 11.7. The number of ketones is 1. The molecule has 194 valence electrons. The fourth-order valence-electron chi connectivity index (χ4n) is 7.30. The van der Waals surface area contributed by atoms with Gasteiger partial charge < -0.3 is 24.8 Å². The Morgan fingerprint density at radius 3 is 2.32 bits per heavy atom. The molecule has 3 fully saturated rings. The smallest absolute Gasteiger partial charge is 0.320 e. The summed E-state index contributed by atoms with van der Waals surface area (Å²) in [7, 11) is 0. The van der Waals surface area contributed by atoms with Gasteiger partial charge in [0.1, 0.15) is 17.8 Å². The summed E-state index contributed by atoms with van der Waals surface area (Å²) in [6.45, 7) is 17.9. The van der Waals surface area contributed by atoms with Crippen molar-refractivity contribution in [2.75, 3.05) is 19.6 Å². The number of hydrogen-bond acceptors (Lipinski definition) is 8. The summed E-state index contributed by atoms with van der Waals surface area (Å²) in [5, 5.41) is 35.2. The summed E-state index contributed by atoms with van der Waals surface area (Å²) in [4.78, 5) is 28.7. The van der Waals surface area contributed by atoms with Crippen molar-refractivity contribution < 1.29 is 34.4 Å². The number of carbonyl (C=O) groups is 2. The van der Waals surface area contributed by atoms with Crippen LogP contribution in [0.4, 0.5) is 0 Å². The van der Waals surface area contributed by atoms with Gasteiger partial charge in [0, 0.05) is 17.8 Å². The fourth-order valence-corrected chi connectivity index (χ4v) is 7.30. The van der Waals surface area contributed by atoms with Gasteiger partial charge in [-0.1, -0.05) is 40.7 Å². The number of hydrogen-bond donors (Lipinski definition) is 3. The molecule has 2 saturated carbocycles. The molecule has 1 heterocycles. The molecule has 0 amide bonds. The highest BCUT2D eigenvalue weighted by Crippen LogP contribution is 2.67. The molecule has 0 aromatic carbocycles. The molecule has 3 aliphatic rings. The van der Waals surface area contributed by atoms with Gasteiger partial charge in [-0.2, -0.15) is 0 Å². The van der Waals surface area contributed by atoms with E-state index in [4.69, 9.17) is 9.47 Å². The molecule has 1 saturated heterocycles. The summed E-state index contributed by atoms with van der Waals surface area (Å²) in [5.74, 6) is -1.68. The first-order chi connectivity index (χ1) is 15.6. The number of aliphatic hydroxyl groups is 3. The summed E-state index contributed by atoms with van der Waals surface area (Å²) in [6, 6.07) is 0. The van der Waals surface area contributed by atoms with Gasteiger partial charge in [0.15, 0.2) is 11.4 Å². The third-order valence-electron chi connectivity index (χ3n) is 9.25. The summed E-state index contributed by atoms with van der Waals surface area (Å²) < 4.78 is 12.3. The summed E-state index contributed by atoms with van der Waals surface area (Å²) >= 11 is 0. The number of esters is 1. The van der Waals surface area contributed by atoms with E-state index in [1.54, 1.807) is 13.8 Å². The van der Waals surface area contributed by atoms with Crippen molar-refractivity contribution in [2.24, 2.45) is 16.7 Å². The monoisotopic (exact) mass is 481 g/mol. The van der Waals surface area contributed by atoms with Gasteiger partial charge in [0.05, 0.1) is 18.2 Å². The van der Waals surface area contributed by atoms with E-state index < -0.39 is 63.6 Å². The van der Waals surface area contributed by atoms with Crippen molar-refractivity contribution >= 4 is 11.8 Å². The Bertz CT molecular complexity index is 841. The molecule has 8 atom stereocenters. The van der Waals surface area contributed by atoms with Gasteiger partial charge in [-0.3, -0.25) is 14.5 Å². The molecule has 34 heavy (non-hydrogen) atoms. The number of aliphatic hydroxyl groups excluding tert-OH is 2. The van der Waals surface area contributed by atoms with Crippen molar-refractivity contribution in [3.63, 3.8) is 0 Å². The molecule has 3 N–H and O–H groups in total. The van der Waals surface area contributed by atoms with E-state index in [0.717, 1.165) is 0 Å². The van der Waals surface area contributed by atoms with E-state index in [2.05, 4.69) is 6.58 Å². The van der Waals surface area contributed by atoms with Crippen molar-refractivity contribution in [3.05, 3.63) is 12.7 Å². The van der Waals surface area contributed by atoms with Crippen LogP contribution in [0, 0.1) is 16.7 Å². The molecule has 2 aliphatic carbocycles. The molecule has 0 aromatic rings. The normalized spacial score (nSPS) is 45.9. The Morgan fingerprint density at radius 2 is 1.79 bits per heavy atom. The standard InChI is InChI=1S/C26H43NO7/c1-9-23(6)14-16(28)26(32)24(7)17(33-18(29)15-27(10-2)11-3)12-13-22(4,5)20(24)19(30)21(31)25(26,8)34-23/h9,17,19-21,30-32H,1,10-15H2,2-8H3/t17?,19-,20-,21-,23-,24-,25+,26-/m0/s1. The zero-order valence-corrected chi connectivity index (χ0v) is 21.8. The van der Waals surface area contributed by atoms with Crippen molar-refractivity contribution in [1.29, 1.82) is 0 Å². The molecule has 3 rings (SSSR count). The number of likely N-dealkylation sites (N-methyl/N-ethyl adjacent to an activating group) is 1. The van der Waals surface area contributed by atoms with Crippen LogP contribution in [0.25, 0.3) is 0 Å². The molecule has 1 aliphatic heterocycles. The highest BCUT2D eigenvalue weighted by molar-refractivity contribution is 5.92. The van der Waals surface area contributed by atoms with E-state index in [1.807, 2.05) is 32.6 Å². The second-order valence-electron chi connectivity index (χ2n) is 11.7. The van der Waals surface area contributed by atoms with Crippen LogP contribution in [-0.2, 0) is 19.1 Å². The molecule has 0 spiro atoms. The van der Waals surface area contributed by atoms with Gasteiger partial charge in [-0.15, -0.1) is 6.58 Å². The van der Waals surface area contributed by atoms with E-state index in [1.165, 1.54) is 13.0 Å². The molecule has 0 aromatic heterocycles. The first kappa shape index (κ1) is 27.3. The second kappa shape index (κ2) is 8.66. The van der Waals surface area contributed by atoms with E-state index in [0.29, 0.717) is 25.9 Å². The number of rotatable bonds is 6. The third kappa shape index (κ3) is 3.60. The van der Waals surface area contributed by atoms with Gasteiger partial charge in [0.2, 0.25) is 0 Å². The lowest BCUT2D eigenvalue weighted by Crippen LogP contribution is -2.86. The topological polar surface area (TPSA) is 117 Å². The predicted octanol–water partition coefficient (Wildman–Crippen LogP) is 1.84. The van der Waals surface area contributed by atoms with Crippen LogP contribution in [0.5, 0.6) is 0 Å². The lowest BCUT2D eigenvalue weighted by Gasteiger charge is -2.71. The van der Waals surface area contributed by atoms with Crippen molar-refractivity contribution in [2.45, 2.75) is 103 Å². The maximum Gasteiger partial charge on any atom is 0.320 e. The van der Waals surface area contributed by atoms with E-state index >= 15 is 0 Å². The molecule has 0 bridgehead atoms. The Balaban J connectivity index is 2.15. The Labute approximate surface area is 203 Å². The lowest BCUT2D eigenvalue weighted by atomic mass is 9.40. The molecule has 0 radical (unpaired) electrons. The minimum atomic E-state index is -2.20. The zero-order chi connectivity index (χ0) is 25.9.